The highest BCUT2D eigenvalue weighted by molar-refractivity contribution is 5.99. The molecular formula is C17H19NO7. The second-order valence-corrected chi connectivity index (χ2v) is 4.88. The number of ether oxygens (including phenoxy) is 3. The summed E-state index contributed by atoms with van der Waals surface area (Å²) >= 11 is 0. The molecule has 8 heteroatoms. The summed E-state index contributed by atoms with van der Waals surface area (Å²) in [6.07, 6.45) is -0.383. The van der Waals surface area contributed by atoms with Crippen LogP contribution in [0.25, 0.3) is 6.08 Å². The van der Waals surface area contributed by atoms with Gasteiger partial charge in [-0.2, -0.15) is 0 Å². The van der Waals surface area contributed by atoms with Gasteiger partial charge in [0.2, 0.25) is 0 Å². The van der Waals surface area contributed by atoms with Crippen LogP contribution in [0.5, 0.6) is 0 Å². The maximum Gasteiger partial charge on any atom is 0.354 e. The molecule has 0 saturated heterocycles. The molecule has 0 aliphatic heterocycles. The van der Waals surface area contributed by atoms with E-state index in [4.69, 9.17) is 9.47 Å². The molecule has 134 valence electrons. The molecule has 0 atom stereocenters. The van der Waals surface area contributed by atoms with Crippen LogP contribution >= 0.6 is 0 Å². The van der Waals surface area contributed by atoms with Gasteiger partial charge in [-0.15, -0.1) is 0 Å². The molecule has 0 heterocycles. The van der Waals surface area contributed by atoms with Crippen LogP contribution in [0.3, 0.4) is 0 Å². The Hall–Kier alpha value is -3.16. The van der Waals surface area contributed by atoms with Crippen LogP contribution in [0.2, 0.25) is 0 Å². The molecule has 1 amide bonds. The molecule has 0 aromatic heterocycles. The summed E-state index contributed by atoms with van der Waals surface area (Å²) in [5.41, 5.74) is 0.516. The van der Waals surface area contributed by atoms with Crippen LogP contribution in [0, 0.1) is 0 Å². The number of carbonyl (C=O) groups is 4. The van der Waals surface area contributed by atoms with Crippen molar-refractivity contribution in [3.8, 4) is 0 Å². The van der Waals surface area contributed by atoms with Crippen LogP contribution in [0.15, 0.2) is 36.0 Å². The number of esters is 3. The summed E-state index contributed by atoms with van der Waals surface area (Å²) in [4.78, 5) is 47.7. The normalized spacial score (nSPS) is 10.8. The van der Waals surface area contributed by atoms with Gasteiger partial charge in [0.05, 0.1) is 7.11 Å². The highest BCUT2D eigenvalue weighted by Gasteiger charge is 2.32. The maximum atomic E-state index is 12.5. The Morgan fingerprint density at radius 1 is 1.00 bits per heavy atom. The first-order valence-electron chi connectivity index (χ1n) is 7.23. The van der Waals surface area contributed by atoms with Crippen molar-refractivity contribution in [2.24, 2.45) is 0 Å². The Kier molecular flexibility index (Phi) is 7.33. The van der Waals surface area contributed by atoms with Crippen molar-refractivity contribution >= 4 is 29.9 Å². The first-order valence-corrected chi connectivity index (χ1v) is 7.23. The van der Waals surface area contributed by atoms with E-state index in [9.17, 15) is 19.2 Å². The number of rotatable bonds is 6. The number of likely N-dealkylation sites (N-methyl/N-ethyl adjacent to an activating group) is 1. The molecule has 0 bridgehead atoms. The van der Waals surface area contributed by atoms with Gasteiger partial charge in [-0.3, -0.25) is 14.4 Å². The zero-order valence-corrected chi connectivity index (χ0v) is 14.3. The largest absolute Gasteiger partial charge is 0.464 e. The lowest BCUT2D eigenvalue weighted by atomic mass is 10.2. The minimum absolute atomic E-state index is 0.122. The SMILES string of the molecule is COC(=O)C(=Cc1ccccc1)N(C)C(=O)C(OC(C)=O)OC(C)=O. The first kappa shape index (κ1) is 19.9. The predicted molar refractivity (Wildman–Crippen MR) is 86.5 cm³/mol. The number of amides is 1. The molecule has 25 heavy (non-hydrogen) atoms. The number of methoxy groups -OCH3 is 1. The number of benzene rings is 1. The molecular weight excluding hydrogens is 330 g/mol. The Morgan fingerprint density at radius 2 is 1.52 bits per heavy atom. The van der Waals surface area contributed by atoms with E-state index in [-0.39, 0.29) is 5.70 Å². The summed E-state index contributed by atoms with van der Waals surface area (Å²) in [7, 11) is 2.43. The number of hydrogen-bond acceptors (Lipinski definition) is 7. The van der Waals surface area contributed by atoms with Gasteiger partial charge in [0.1, 0.15) is 5.70 Å². The highest BCUT2D eigenvalue weighted by Crippen LogP contribution is 2.14. The van der Waals surface area contributed by atoms with E-state index in [2.05, 4.69) is 4.74 Å². The molecule has 0 unspecified atom stereocenters. The number of nitrogens with zero attached hydrogens (tertiary/aromatic N) is 1. The van der Waals surface area contributed by atoms with Gasteiger partial charge in [-0.25, -0.2) is 4.79 Å². The topological polar surface area (TPSA) is 99.2 Å². The Bertz CT molecular complexity index is 665. The van der Waals surface area contributed by atoms with E-state index in [0.717, 1.165) is 25.9 Å². The van der Waals surface area contributed by atoms with Crippen LogP contribution < -0.4 is 0 Å². The van der Waals surface area contributed by atoms with E-state index >= 15 is 0 Å². The molecule has 0 spiro atoms. The van der Waals surface area contributed by atoms with Crippen molar-refractivity contribution < 1.29 is 33.4 Å². The van der Waals surface area contributed by atoms with Gasteiger partial charge in [0, 0.05) is 20.9 Å². The second kappa shape index (κ2) is 9.21. The van der Waals surface area contributed by atoms with E-state index in [1.807, 2.05) is 0 Å². The lowest BCUT2D eigenvalue weighted by Gasteiger charge is -2.23. The van der Waals surface area contributed by atoms with Gasteiger partial charge in [0.15, 0.2) is 0 Å². The third-order valence-electron chi connectivity index (χ3n) is 2.94. The molecule has 1 rings (SSSR count). The second-order valence-electron chi connectivity index (χ2n) is 4.88. The molecule has 0 fully saturated rings. The van der Waals surface area contributed by atoms with E-state index in [1.165, 1.54) is 13.1 Å². The van der Waals surface area contributed by atoms with Crippen molar-refractivity contribution in [2.75, 3.05) is 14.2 Å². The average molecular weight is 349 g/mol. The Balaban J connectivity index is 3.17. The molecule has 0 aliphatic carbocycles. The van der Waals surface area contributed by atoms with Crippen LogP contribution in [0.1, 0.15) is 19.4 Å². The lowest BCUT2D eigenvalue weighted by Crippen LogP contribution is -2.42. The fraction of sp³-hybridized carbons (Fsp3) is 0.294. The van der Waals surface area contributed by atoms with E-state index in [1.54, 1.807) is 30.3 Å². The molecule has 1 aromatic carbocycles. The van der Waals surface area contributed by atoms with Gasteiger partial charge in [-0.1, -0.05) is 30.3 Å². The van der Waals surface area contributed by atoms with Crippen molar-refractivity contribution in [2.45, 2.75) is 20.1 Å². The standard InChI is InChI=1S/C17H19NO7/c1-11(19)24-17(25-12(2)20)15(21)18(3)14(16(22)23-4)10-13-8-6-5-7-9-13/h5-10,17H,1-4H3. The maximum absolute atomic E-state index is 12.5. The fourth-order valence-corrected chi connectivity index (χ4v) is 1.81. The lowest BCUT2D eigenvalue weighted by molar-refractivity contribution is -0.193. The third-order valence-corrected chi connectivity index (χ3v) is 2.94. The monoisotopic (exact) mass is 349 g/mol. The van der Waals surface area contributed by atoms with Gasteiger partial charge >= 0.3 is 30.1 Å². The fourth-order valence-electron chi connectivity index (χ4n) is 1.81. The van der Waals surface area contributed by atoms with Crippen LogP contribution in [-0.4, -0.2) is 49.2 Å². The minimum atomic E-state index is -1.80. The first-order chi connectivity index (χ1) is 11.8. The van der Waals surface area contributed by atoms with Crippen molar-refractivity contribution in [3.05, 3.63) is 41.6 Å². The van der Waals surface area contributed by atoms with Gasteiger partial charge in [0.25, 0.3) is 0 Å². The summed E-state index contributed by atoms with van der Waals surface area (Å²) in [6, 6.07) is 8.74. The summed E-state index contributed by atoms with van der Waals surface area (Å²) in [5.74, 6) is -3.35. The molecule has 0 radical (unpaired) electrons. The van der Waals surface area contributed by atoms with Crippen LogP contribution in [-0.2, 0) is 33.4 Å². The quantitative estimate of drug-likeness (QED) is 0.431. The molecule has 1 aromatic rings. The summed E-state index contributed by atoms with van der Waals surface area (Å²) < 4.78 is 14.1. The summed E-state index contributed by atoms with van der Waals surface area (Å²) in [5, 5.41) is 0. The molecule has 0 saturated carbocycles. The predicted octanol–water partition coefficient (Wildman–Crippen LogP) is 1.11. The Morgan fingerprint density at radius 3 is 1.96 bits per heavy atom. The van der Waals surface area contributed by atoms with Gasteiger partial charge < -0.3 is 19.1 Å². The molecule has 8 nitrogen and oxygen atoms in total. The van der Waals surface area contributed by atoms with Crippen molar-refractivity contribution in [1.82, 2.24) is 4.90 Å². The van der Waals surface area contributed by atoms with Crippen molar-refractivity contribution in [3.63, 3.8) is 0 Å². The highest BCUT2D eigenvalue weighted by atomic mass is 16.7. The van der Waals surface area contributed by atoms with Crippen molar-refractivity contribution in [1.29, 1.82) is 0 Å². The molecule has 0 N–H and O–H groups in total. The van der Waals surface area contributed by atoms with Crippen LogP contribution in [0.4, 0.5) is 0 Å². The zero-order chi connectivity index (χ0) is 19.0. The zero-order valence-electron chi connectivity index (χ0n) is 14.3. The van der Waals surface area contributed by atoms with E-state index < -0.39 is 30.1 Å². The summed E-state index contributed by atoms with van der Waals surface area (Å²) in [6.45, 7) is 2.12. The number of hydrogen-bond donors (Lipinski definition) is 0. The number of carbonyl (C=O) groups excluding carboxylic acids is 4. The smallest absolute Gasteiger partial charge is 0.354 e. The minimum Gasteiger partial charge on any atom is -0.464 e. The van der Waals surface area contributed by atoms with E-state index in [0.29, 0.717) is 5.56 Å². The van der Waals surface area contributed by atoms with Gasteiger partial charge in [-0.05, 0) is 11.6 Å². The average Bonchev–Trinajstić information content (AvgIpc) is 2.57. The Labute approximate surface area is 145 Å². The third kappa shape index (κ3) is 6.09. The molecule has 0 aliphatic rings.